The molecule has 1 saturated heterocycles. The van der Waals surface area contributed by atoms with Crippen molar-refractivity contribution in [3.8, 4) is 0 Å². The Labute approximate surface area is 106 Å². The lowest BCUT2D eigenvalue weighted by Gasteiger charge is -2.40. The maximum Gasteiger partial charge on any atom is 0.0547 e. The standard InChI is InChI=1S/C14H28N2O/c1-12-5-3-4-6-13(12)16(2)10-14(9-15)7-8-17-11-14/h12-13H,3-11,15H2,1-2H3. The minimum Gasteiger partial charge on any atom is -0.381 e. The summed E-state index contributed by atoms with van der Waals surface area (Å²) in [7, 11) is 2.28. The molecule has 2 rings (SSSR count). The van der Waals surface area contributed by atoms with Crippen molar-refractivity contribution in [2.75, 3.05) is 33.4 Å². The van der Waals surface area contributed by atoms with Crippen molar-refractivity contribution >= 4 is 0 Å². The number of rotatable bonds is 4. The molecule has 0 spiro atoms. The third-order valence-electron chi connectivity index (χ3n) is 4.84. The van der Waals surface area contributed by atoms with E-state index >= 15 is 0 Å². The third-order valence-corrected chi connectivity index (χ3v) is 4.84. The number of hydrogen-bond acceptors (Lipinski definition) is 3. The van der Waals surface area contributed by atoms with Crippen LogP contribution >= 0.6 is 0 Å². The lowest BCUT2D eigenvalue weighted by Crippen LogP contribution is -2.48. The average molecular weight is 240 g/mol. The molecule has 0 bridgehead atoms. The molecular weight excluding hydrogens is 212 g/mol. The predicted octanol–water partition coefficient (Wildman–Crippen LogP) is 1.86. The van der Waals surface area contributed by atoms with E-state index in [1.54, 1.807) is 0 Å². The molecule has 1 heterocycles. The Morgan fingerprint density at radius 2 is 2.12 bits per heavy atom. The fourth-order valence-electron chi connectivity index (χ4n) is 3.60. The summed E-state index contributed by atoms with van der Waals surface area (Å²) in [5.41, 5.74) is 6.20. The van der Waals surface area contributed by atoms with Gasteiger partial charge in [-0.3, -0.25) is 0 Å². The van der Waals surface area contributed by atoms with Crippen LogP contribution in [0.5, 0.6) is 0 Å². The van der Waals surface area contributed by atoms with E-state index in [2.05, 4.69) is 18.9 Å². The van der Waals surface area contributed by atoms with E-state index in [1.165, 1.54) is 25.7 Å². The molecule has 3 atom stereocenters. The van der Waals surface area contributed by atoms with E-state index in [1.807, 2.05) is 0 Å². The summed E-state index contributed by atoms with van der Waals surface area (Å²) in [6, 6.07) is 0.757. The van der Waals surface area contributed by atoms with Crippen LogP contribution < -0.4 is 5.73 Å². The van der Waals surface area contributed by atoms with Crippen LogP contribution in [0.25, 0.3) is 0 Å². The second-order valence-corrected chi connectivity index (χ2v) is 6.25. The summed E-state index contributed by atoms with van der Waals surface area (Å²) in [5.74, 6) is 0.839. The fourth-order valence-corrected chi connectivity index (χ4v) is 3.60. The van der Waals surface area contributed by atoms with Gasteiger partial charge in [0.2, 0.25) is 0 Å². The predicted molar refractivity (Wildman–Crippen MR) is 71.0 cm³/mol. The molecule has 100 valence electrons. The van der Waals surface area contributed by atoms with Gasteiger partial charge in [-0.25, -0.2) is 0 Å². The van der Waals surface area contributed by atoms with Crippen molar-refractivity contribution in [3.05, 3.63) is 0 Å². The Balaban J connectivity index is 1.92. The fraction of sp³-hybridized carbons (Fsp3) is 1.00. The second-order valence-electron chi connectivity index (χ2n) is 6.25. The van der Waals surface area contributed by atoms with Crippen molar-refractivity contribution in [2.24, 2.45) is 17.1 Å². The zero-order chi connectivity index (χ0) is 12.3. The molecule has 1 saturated carbocycles. The van der Waals surface area contributed by atoms with E-state index < -0.39 is 0 Å². The molecule has 1 aliphatic carbocycles. The number of nitrogens with zero attached hydrogens (tertiary/aromatic N) is 1. The molecule has 2 N–H and O–H groups in total. The quantitative estimate of drug-likeness (QED) is 0.815. The topological polar surface area (TPSA) is 38.5 Å². The monoisotopic (exact) mass is 240 g/mol. The van der Waals surface area contributed by atoms with Gasteiger partial charge in [0.25, 0.3) is 0 Å². The third kappa shape index (κ3) is 3.01. The second kappa shape index (κ2) is 5.68. The molecule has 3 nitrogen and oxygen atoms in total. The van der Waals surface area contributed by atoms with Gasteiger partial charge >= 0.3 is 0 Å². The molecular formula is C14H28N2O. The van der Waals surface area contributed by atoms with Gasteiger partial charge in [0.15, 0.2) is 0 Å². The highest BCUT2D eigenvalue weighted by Gasteiger charge is 2.37. The zero-order valence-electron chi connectivity index (χ0n) is 11.5. The SMILES string of the molecule is CC1CCCCC1N(C)CC1(CN)CCOC1. The maximum absolute atomic E-state index is 5.97. The van der Waals surface area contributed by atoms with Crippen LogP contribution in [0.4, 0.5) is 0 Å². The molecule has 0 aromatic heterocycles. The summed E-state index contributed by atoms with van der Waals surface area (Å²) < 4.78 is 5.56. The molecule has 3 heteroatoms. The van der Waals surface area contributed by atoms with E-state index in [0.717, 1.165) is 44.7 Å². The van der Waals surface area contributed by atoms with E-state index in [0.29, 0.717) is 0 Å². The average Bonchev–Trinajstić information content (AvgIpc) is 2.79. The van der Waals surface area contributed by atoms with Crippen molar-refractivity contribution < 1.29 is 4.74 Å². The highest BCUT2D eigenvalue weighted by molar-refractivity contribution is 4.90. The maximum atomic E-state index is 5.97. The van der Waals surface area contributed by atoms with Gasteiger partial charge in [0.05, 0.1) is 6.61 Å². The van der Waals surface area contributed by atoms with Crippen LogP contribution in [0, 0.1) is 11.3 Å². The van der Waals surface area contributed by atoms with Crippen molar-refractivity contribution in [1.82, 2.24) is 4.90 Å². The summed E-state index contributed by atoms with van der Waals surface area (Å²) in [5, 5.41) is 0. The van der Waals surface area contributed by atoms with Gasteiger partial charge in [0, 0.05) is 31.2 Å². The van der Waals surface area contributed by atoms with Crippen molar-refractivity contribution in [3.63, 3.8) is 0 Å². The molecule has 1 aliphatic heterocycles. The van der Waals surface area contributed by atoms with Crippen LogP contribution in [0.3, 0.4) is 0 Å². The Kier molecular flexibility index (Phi) is 4.45. The van der Waals surface area contributed by atoms with Crippen molar-refractivity contribution in [1.29, 1.82) is 0 Å². The Hall–Kier alpha value is -0.120. The molecule has 0 aromatic carbocycles. The minimum absolute atomic E-state index is 0.228. The molecule has 0 amide bonds. The summed E-state index contributed by atoms with van der Waals surface area (Å²) in [6.45, 7) is 6.03. The largest absolute Gasteiger partial charge is 0.381 e. The van der Waals surface area contributed by atoms with Gasteiger partial charge in [0.1, 0.15) is 0 Å². The van der Waals surface area contributed by atoms with Crippen LogP contribution in [0.15, 0.2) is 0 Å². The zero-order valence-corrected chi connectivity index (χ0v) is 11.5. The first-order chi connectivity index (χ1) is 8.17. The summed E-state index contributed by atoms with van der Waals surface area (Å²) in [4.78, 5) is 2.56. The lowest BCUT2D eigenvalue weighted by atomic mass is 9.82. The highest BCUT2D eigenvalue weighted by atomic mass is 16.5. The molecule has 2 fully saturated rings. The molecule has 0 radical (unpaired) electrons. The molecule has 17 heavy (non-hydrogen) atoms. The van der Waals surface area contributed by atoms with Crippen LogP contribution in [0.2, 0.25) is 0 Å². The molecule has 0 aromatic rings. The van der Waals surface area contributed by atoms with Gasteiger partial charge in [-0.2, -0.15) is 0 Å². The van der Waals surface area contributed by atoms with Gasteiger partial charge in [-0.1, -0.05) is 19.8 Å². The summed E-state index contributed by atoms with van der Waals surface area (Å²) >= 11 is 0. The van der Waals surface area contributed by atoms with Crippen LogP contribution in [0.1, 0.15) is 39.0 Å². The Morgan fingerprint density at radius 1 is 1.35 bits per heavy atom. The normalized spacial score (nSPS) is 38.8. The first-order valence-corrected chi connectivity index (χ1v) is 7.15. The van der Waals surface area contributed by atoms with Crippen LogP contribution in [-0.4, -0.2) is 44.3 Å². The summed E-state index contributed by atoms with van der Waals surface area (Å²) in [6.07, 6.45) is 6.69. The Bertz CT molecular complexity index is 238. The first-order valence-electron chi connectivity index (χ1n) is 7.15. The van der Waals surface area contributed by atoms with Crippen molar-refractivity contribution in [2.45, 2.75) is 45.1 Å². The van der Waals surface area contributed by atoms with E-state index in [4.69, 9.17) is 10.5 Å². The molecule has 2 aliphatic rings. The van der Waals surface area contributed by atoms with Gasteiger partial charge < -0.3 is 15.4 Å². The highest BCUT2D eigenvalue weighted by Crippen LogP contribution is 2.32. The molecule has 3 unspecified atom stereocenters. The minimum atomic E-state index is 0.228. The van der Waals surface area contributed by atoms with E-state index in [9.17, 15) is 0 Å². The van der Waals surface area contributed by atoms with Gasteiger partial charge in [-0.15, -0.1) is 0 Å². The van der Waals surface area contributed by atoms with Crippen LogP contribution in [-0.2, 0) is 4.74 Å². The smallest absolute Gasteiger partial charge is 0.0547 e. The Morgan fingerprint density at radius 3 is 2.71 bits per heavy atom. The number of ether oxygens (including phenoxy) is 1. The lowest BCUT2D eigenvalue weighted by molar-refractivity contribution is 0.0739. The number of hydrogen-bond donors (Lipinski definition) is 1. The number of nitrogens with two attached hydrogens (primary N) is 1. The van der Waals surface area contributed by atoms with E-state index in [-0.39, 0.29) is 5.41 Å². The van der Waals surface area contributed by atoms with Gasteiger partial charge in [-0.05, 0) is 32.2 Å². The first kappa shape index (κ1) is 13.3.